The first-order valence-electron chi connectivity index (χ1n) is 35.1. The third-order valence-corrected chi connectivity index (χ3v) is 16.4. The number of likely N-dealkylation sites (N-methyl/N-ethyl adjacent to an activating group) is 1. The van der Waals surface area contributed by atoms with E-state index < -0.39 is 26.5 Å². The second-order valence-corrected chi connectivity index (χ2v) is 26.3. The van der Waals surface area contributed by atoms with E-state index in [9.17, 15) is 19.0 Å². The van der Waals surface area contributed by atoms with Gasteiger partial charge in [-0.3, -0.25) is 14.2 Å². The first-order valence-corrected chi connectivity index (χ1v) is 36.6. The zero-order valence-electron chi connectivity index (χ0n) is 55.1. The molecular weight excluding hydrogens is 1050 g/mol. The van der Waals surface area contributed by atoms with Crippen molar-refractivity contribution in [1.82, 2.24) is 0 Å². The van der Waals surface area contributed by atoms with Gasteiger partial charge in [-0.15, -0.1) is 0 Å². The van der Waals surface area contributed by atoms with E-state index >= 15 is 0 Å². The van der Waals surface area contributed by atoms with Gasteiger partial charge >= 0.3 is 11.9 Å². The van der Waals surface area contributed by atoms with E-state index in [0.29, 0.717) is 17.4 Å². The molecular formula is C73H134NO8P. The molecule has 10 heteroatoms. The van der Waals surface area contributed by atoms with Crippen molar-refractivity contribution in [2.24, 2.45) is 0 Å². The lowest BCUT2D eigenvalue weighted by atomic mass is 10.0. The van der Waals surface area contributed by atoms with Crippen molar-refractivity contribution in [3.05, 3.63) is 72.9 Å². The van der Waals surface area contributed by atoms with Crippen LogP contribution in [0.4, 0.5) is 0 Å². The van der Waals surface area contributed by atoms with Crippen LogP contribution in [0.5, 0.6) is 0 Å². The Morgan fingerprint density at radius 1 is 0.386 bits per heavy atom. The predicted molar refractivity (Wildman–Crippen MR) is 356 cm³/mol. The second-order valence-electron chi connectivity index (χ2n) is 24.9. The molecule has 2 atom stereocenters. The molecule has 9 nitrogen and oxygen atoms in total. The number of hydrogen-bond donors (Lipinski definition) is 0. The quantitative estimate of drug-likeness (QED) is 0.0195. The summed E-state index contributed by atoms with van der Waals surface area (Å²) >= 11 is 0. The van der Waals surface area contributed by atoms with Crippen molar-refractivity contribution in [2.75, 3.05) is 47.5 Å². The van der Waals surface area contributed by atoms with Crippen LogP contribution in [0, 0.1) is 0 Å². The lowest BCUT2D eigenvalue weighted by molar-refractivity contribution is -0.870. The molecule has 0 bridgehead atoms. The van der Waals surface area contributed by atoms with Crippen molar-refractivity contribution in [3.8, 4) is 0 Å². The molecule has 484 valence electrons. The van der Waals surface area contributed by atoms with Crippen LogP contribution < -0.4 is 4.89 Å². The van der Waals surface area contributed by atoms with Crippen molar-refractivity contribution < 1.29 is 42.1 Å². The largest absolute Gasteiger partial charge is 0.756 e. The van der Waals surface area contributed by atoms with Gasteiger partial charge in [0.05, 0.1) is 27.7 Å². The van der Waals surface area contributed by atoms with Crippen LogP contribution in [0.2, 0.25) is 0 Å². The number of phosphoric acid groups is 1. The summed E-state index contributed by atoms with van der Waals surface area (Å²) in [7, 11) is 1.18. The number of carbonyl (C=O) groups is 2. The van der Waals surface area contributed by atoms with Gasteiger partial charge in [-0.25, -0.2) is 0 Å². The van der Waals surface area contributed by atoms with Crippen molar-refractivity contribution in [3.63, 3.8) is 0 Å². The van der Waals surface area contributed by atoms with E-state index in [1.54, 1.807) is 0 Å². The van der Waals surface area contributed by atoms with Crippen molar-refractivity contribution in [2.45, 2.75) is 335 Å². The highest BCUT2D eigenvalue weighted by molar-refractivity contribution is 7.45. The van der Waals surface area contributed by atoms with Gasteiger partial charge in [-0.2, -0.15) is 0 Å². The standard InChI is InChI=1S/C73H134NO8P/c1-6-8-10-12-14-16-18-20-22-24-26-27-28-29-30-31-32-33-34-35-36-37-38-39-40-41-42-43-44-45-46-47-48-50-52-54-56-58-60-62-64-66-73(76)82-71(70-81-83(77,78)80-68-67-74(3,4)5)69-79-72(75)65-63-61-59-57-55-53-51-49-25-23-21-19-17-15-13-11-9-7-2/h8,10,14,16,20,22-23,25-27,29-30,71H,6-7,9,11-13,15,17-19,21,24,28,31-70H2,1-5H3/b10-8-,16-14-,22-20-,25-23-,27-26-,30-29-. The molecule has 0 rings (SSSR count). The average Bonchev–Trinajstić information content (AvgIpc) is 3.48. The molecule has 0 aliphatic heterocycles. The van der Waals surface area contributed by atoms with Crippen molar-refractivity contribution in [1.29, 1.82) is 0 Å². The Bertz CT molecular complexity index is 1630. The SMILES string of the molecule is CC/C=C\C/C=C\C/C=C\C/C=C\C/C=C\CCCCCCCCCCCCCCCCCCCCCCCCCCCC(=O)OC(COC(=O)CCCCCCCCC/C=C\CCCCCCCCC)COP(=O)([O-])OCC[N+](C)(C)C. The molecule has 0 heterocycles. The highest BCUT2D eigenvalue weighted by Crippen LogP contribution is 2.38. The Morgan fingerprint density at radius 2 is 0.687 bits per heavy atom. The van der Waals surface area contributed by atoms with E-state index in [1.807, 2.05) is 21.1 Å². The van der Waals surface area contributed by atoms with Gasteiger partial charge in [0.15, 0.2) is 6.10 Å². The molecule has 0 fully saturated rings. The highest BCUT2D eigenvalue weighted by atomic mass is 31.2. The van der Waals surface area contributed by atoms with Gasteiger partial charge in [0, 0.05) is 12.8 Å². The van der Waals surface area contributed by atoms with Crippen LogP contribution in [0.3, 0.4) is 0 Å². The smallest absolute Gasteiger partial charge is 0.306 e. The summed E-state index contributed by atoms with van der Waals surface area (Å²) in [6.45, 7) is 4.16. The minimum atomic E-state index is -4.64. The highest BCUT2D eigenvalue weighted by Gasteiger charge is 2.22. The minimum absolute atomic E-state index is 0.0304. The van der Waals surface area contributed by atoms with Gasteiger partial charge < -0.3 is 27.9 Å². The molecule has 0 saturated heterocycles. The normalized spacial score (nSPS) is 13.6. The number of ether oxygens (including phenoxy) is 2. The maximum Gasteiger partial charge on any atom is 0.306 e. The number of unbranched alkanes of at least 4 members (excludes halogenated alkanes) is 39. The Morgan fingerprint density at radius 3 is 1.04 bits per heavy atom. The number of rotatable bonds is 65. The molecule has 0 saturated carbocycles. The molecule has 0 aromatic carbocycles. The van der Waals surface area contributed by atoms with Gasteiger partial charge in [-0.1, -0.05) is 305 Å². The van der Waals surface area contributed by atoms with E-state index in [4.69, 9.17) is 18.5 Å². The Labute approximate surface area is 514 Å². The zero-order valence-corrected chi connectivity index (χ0v) is 56.0. The molecule has 0 aromatic rings. The zero-order chi connectivity index (χ0) is 60.5. The summed E-state index contributed by atoms with van der Waals surface area (Å²) < 4.78 is 34.3. The first kappa shape index (κ1) is 80.5. The molecule has 0 N–H and O–H groups in total. The van der Waals surface area contributed by atoms with Gasteiger partial charge in [0.2, 0.25) is 0 Å². The van der Waals surface area contributed by atoms with Crippen LogP contribution in [-0.2, 0) is 32.7 Å². The maximum absolute atomic E-state index is 12.8. The van der Waals surface area contributed by atoms with Gasteiger partial charge in [0.1, 0.15) is 19.8 Å². The van der Waals surface area contributed by atoms with Gasteiger partial charge in [-0.05, 0) is 83.5 Å². The van der Waals surface area contributed by atoms with E-state index in [-0.39, 0.29) is 32.0 Å². The number of allylic oxidation sites excluding steroid dienone is 12. The fourth-order valence-electron chi connectivity index (χ4n) is 10.1. The summed E-state index contributed by atoms with van der Waals surface area (Å²) in [6.07, 6.45) is 85.7. The average molecular weight is 1180 g/mol. The van der Waals surface area contributed by atoms with Crippen molar-refractivity contribution >= 4 is 19.8 Å². The second kappa shape index (κ2) is 63.9. The molecule has 83 heavy (non-hydrogen) atoms. The number of carbonyl (C=O) groups excluding carboxylic acids is 2. The Kier molecular flexibility index (Phi) is 62.0. The van der Waals surface area contributed by atoms with Gasteiger partial charge in [0.25, 0.3) is 7.82 Å². The van der Waals surface area contributed by atoms with E-state index in [0.717, 1.165) is 77.0 Å². The third kappa shape index (κ3) is 68.4. The van der Waals surface area contributed by atoms with Crippen LogP contribution >= 0.6 is 7.82 Å². The molecule has 0 aliphatic rings. The number of hydrogen-bond acceptors (Lipinski definition) is 8. The Hall–Kier alpha value is -2.55. The molecule has 0 amide bonds. The summed E-state index contributed by atoms with van der Waals surface area (Å²) in [5.41, 5.74) is 0. The number of phosphoric ester groups is 1. The summed E-state index contributed by atoms with van der Waals surface area (Å²) in [6, 6.07) is 0. The topological polar surface area (TPSA) is 111 Å². The molecule has 0 aromatic heterocycles. The monoisotopic (exact) mass is 1180 g/mol. The fraction of sp³-hybridized carbons (Fsp3) is 0.808. The summed E-state index contributed by atoms with van der Waals surface area (Å²) in [5.74, 6) is -0.823. The third-order valence-electron chi connectivity index (χ3n) is 15.5. The summed E-state index contributed by atoms with van der Waals surface area (Å²) in [5, 5.41) is 0. The van der Waals surface area contributed by atoms with Crippen LogP contribution in [0.1, 0.15) is 328 Å². The predicted octanol–water partition coefficient (Wildman–Crippen LogP) is 22.1. The minimum Gasteiger partial charge on any atom is -0.756 e. The molecule has 0 aliphatic carbocycles. The maximum atomic E-state index is 12.8. The Balaban J connectivity index is 3.90. The van der Waals surface area contributed by atoms with Crippen LogP contribution in [0.15, 0.2) is 72.9 Å². The van der Waals surface area contributed by atoms with Crippen LogP contribution in [-0.4, -0.2) is 70.0 Å². The number of nitrogens with zero attached hydrogens (tertiary/aromatic N) is 1. The fourth-order valence-corrected chi connectivity index (χ4v) is 10.8. The van der Waals surface area contributed by atoms with Crippen LogP contribution in [0.25, 0.3) is 0 Å². The lowest BCUT2D eigenvalue weighted by Crippen LogP contribution is -2.37. The first-order chi connectivity index (χ1) is 40.5. The summed E-state index contributed by atoms with van der Waals surface area (Å²) in [4.78, 5) is 38.0. The molecule has 0 spiro atoms. The number of esters is 2. The van der Waals surface area contributed by atoms with E-state index in [1.165, 1.54) is 218 Å². The van der Waals surface area contributed by atoms with E-state index in [2.05, 4.69) is 86.8 Å². The molecule has 0 radical (unpaired) electrons. The molecule has 2 unspecified atom stereocenters. The number of quaternary nitrogens is 1. The lowest BCUT2D eigenvalue weighted by Gasteiger charge is -2.28.